The molecule has 2 fully saturated rings. The van der Waals surface area contributed by atoms with Crippen molar-refractivity contribution in [3.8, 4) is 56.4 Å². The minimum absolute atomic E-state index is 0.515. The molecule has 0 unspecified atom stereocenters. The summed E-state index contributed by atoms with van der Waals surface area (Å²) in [6.07, 6.45) is 0. The molecule has 2 aliphatic rings. The first kappa shape index (κ1) is 36.1. The van der Waals surface area contributed by atoms with Crippen LogP contribution in [0.3, 0.4) is 0 Å². The van der Waals surface area contributed by atoms with Crippen molar-refractivity contribution in [1.29, 1.82) is 0 Å². The van der Waals surface area contributed by atoms with Crippen molar-refractivity contribution in [3.63, 3.8) is 0 Å². The Labute approximate surface area is 319 Å². The van der Waals surface area contributed by atoms with E-state index in [4.69, 9.17) is 33.6 Å². The van der Waals surface area contributed by atoms with Gasteiger partial charge in [-0.3, -0.25) is 0 Å². The first-order valence-corrected chi connectivity index (χ1v) is 18.6. The molecule has 0 saturated carbocycles. The Balaban J connectivity index is 1.31. The standard InChI is InChI=1S/C45H45B2N3O4/c1-42(2)43(3,4)52-46(51-42)37-27-36(28-38(29-37)47-53-44(5,6)45(7,8)54-47)41-49-39(34-23-15-21-32(25-34)30-17-11-9-12-18-30)48-40(50-41)35-24-16-22-33(26-35)31-19-13-10-14-20-31/h9-29H,1-8H3. The normalized spacial score (nSPS) is 18.2. The lowest BCUT2D eigenvalue weighted by Crippen LogP contribution is -2.41. The predicted molar refractivity (Wildman–Crippen MR) is 218 cm³/mol. The maximum absolute atomic E-state index is 6.58. The zero-order valence-corrected chi connectivity index (χ0v) is 32.3. The summed E-state index contributed by atoms with van der Waals surface area (Å²) in [5.41, 5.74) is 6.47. The Kier molecular flexibility index (Phi) is 8.97. The smallest absolute Gasteiger partial charge is 0.399 e. The van der Waals surface area contributed by atoms with Gasteiger partial charge < -0.3 is 18.6 Å². The molecule has 0 amide bonds. The summed E-state index contributed by atoms with van der Waals surface area (Å²) in [5.74, 6) is 1.65. The van der Waals surface area contributed by atoms with E-state index >= 15 is 0 Å². The number of nitrogens with zero attached hydrogens (tertiary/aromatic N) is 3. The first-order valence-electron chi connectivity index (χ1n) is 18.6. The highest BCUT2D eigenvalue weighted by atomic mass is 16.7. The predicted octanol–water partition coefficient (Wildman–Crippen LogP) is 8.81. The summed E-state index contributed by atoms with van der Waals surface area (Å²) in [7, 11) is -1.25. The number of aromatic nitrogens is 3. The third kappa shape index (κ3) is 6.82. The molecule has 6 aromatic rings. The van der Waals surface area contributed by atoms with E-state index in [9.17, 15) is 0 Å². The number of hydrogen-bond donors (Lipinski definition) is 0. The van der Waals surface area contributed by atoms with Crippen LogP contribution in [0.4, 0.5) is 0 Å². The Morgan fingerprint density at radius 1 is 0.333 bits per heavy atom. The van der Waals surface area contributed by atoms with Crippen molar-refractivity contribution < 1.29 is 18.6 Å². The zero-order chi connectivity index (χ0) is 37.9. The molecule has 9 heteroatoms. The Bertz CT molecular complexity index is 2140. The molecule has 0 aliphatic carbocycles. The summed E-state index contributed by atoms with van der Waals surface area (Å²) >= 11 is 0. The van der Waals surface area contributed by atoms with E-state index in [1.54, 1.807) is 0 Å². The molecule has 270 valence electrons. The van der Waals surface area contributed by atoms with E-state index in [-0.39, 0.29) is 0 Å². The van der Waals surface area contributed by atoms with Crippen molar-refractivity contribution in [2.75, 3.05) is 0 Å². The summed E-state index contributed by atoms with van der Waals surface area (Å²) in [5, 5.41) is 0. The van der Waals surface area contributed by atoms with E-state index in [0.29, 0.717) is 17.5 Å². The third-order valence-corrected chi connectivity index (χ3v) is 11.4. The van der Waals surface area contributed by atoms with Gasteiger partial charge in [0, 0.05) is 16.7 Å². The lowest BCUT2D eigenvalue weighted by atomic mass is 9.71. The molecule has 0 N–H and O–H groups in total. The van der Waals surface area contributed by atoms with E-state index in [2.05, 4.69) is 122 Å². The van der Waals surface area contributed by atoms with Gasteiger partial charge >= 0.3 is 14.2 Å². The van der Waals surface area contributed by atoms with Gasteiger partial charge in [0.05, 0.1) is 22.4 Å². The van der Waals surface area contributed by atoms with Crippen LogP contribution in [0.25, 0.3) is 56.4 Å². The Hall–Kier alpha value is -4.92. The van der Waals surface area contributed by atoms with Crippen LogP contribution in [-0.4, -0.2) is 51.6 Å². The molecule has 8 rings (SSSR count). The fourth-order valence-electron chi connectivity index (χ4n) is 6.74. The minimum atomic E-state index is -0.623. The quantitative estimate of drug-likeness (QED) is 0.153. The van der Waals surface area contributed by atoms with Gasteiger partial charge in [-0.1, -0.05) is 115 Å². The van der Waals surface area contributed by atoms with Crippen LogP contribution >= 0.6 is 0 Å². The van der Waals surface area contributed by atoms with Crippen LogP contribution in [0.2, 0.25) is 0 Å². The first-order chi connectivity index (χ1) is 25.7. The SMILES string of the molecule is CC1(C)OB(c2cc(B3OC(C)(C)C(C)(C)O3)cc(-c3nc(-c4cccc(-c5ccccc5)c4)nc(-c4cccc(-c5ccccc5)c4)n3)c2)OC1(C)C. The number of hydrogen-bond acceptors (Lipinski definition) is 7. The third-order valence-electron chi connectivity index (χ3n) is 11.4. The Morgan fingerprint density at radius 2 is 0.648 bits per heavy atom. The van der Waals surface area contributed by atoms with Crippen LogP contribution in [0.1, 0.15) is 55.4 Å². The largest absolute Gasteiger partial charge is 0.494 e. The molecule has 2 aliphatic heterocycles. The number of rotatable bonds is 7. The molecular formula is C45H45B2N3O4. The fraction of sp³-hybridized carbons (Fsp3) is 0.267. The molecular weight excluding hydrogens is 668 g/mol. The Morgan fingerprint density at radius 3 is 1.02 bits per heavy atom. The molecule has 1 aromatic heterocycles. The molecule has 0 spiro atoms. The van der Waals surface area contributed by atoms with Crippen LogP contribution in [0.15, 0.2) is 127 Å². The van der Waals surface area contributed by atoms with E-state index in [1.807, 2.05) is 60.7 Å². The molecule has 7 nitrogen and oxygen atoms in total. The lowest BCUT2D eigenvalue weighted by Gasteiger charge is -2.32. The van der Waals surface area contributed by atoms with Crippen LogP contribution in [-0.2, 0) is 18.6 Å². The van der Waals surface area contributed by atoms with Crippen LogP contribution in [0, 0.1) is 0 Å². The number of benzene rings is 5. The van der Waals surface area contributed by atoms with Gasteiger partial charge in [-0.15, -0.1) is 0 Å². The molecule has 54 heavy (non-hydrogen) atoms. The van der Waals surface area contributed by atoms with Crippen LogP contribution in [0.5, 0.6) is 0 Å². The average Bonchev–Trinajstić information content (AvgIpc) is 3.54. The molecule has 3 heterocycles. The van der Waals surface area contributed by atoms with Gasteiger partial charge in [0.2, 0.25) is 0 Å². The fourth-order valence-corrected chi connectivity index (χ4v) is 6.74. The summed E-state index contributed by atoms with van der Waals surface area (Å²) in [6, 6.07) is 43.5. The van der Waals surface area contributed by atoms with Crippen molar-refractivity contribution in [3.05, 3.63) is 127 Å². The van der Waals surface area contributed by atoms with E-state index in [0.717, 1.165) is 49.9 Å². The molecule has 5 aromatic carbocycles. The molecule has 0 radical (unpaired) electrons. The summed E-state index contributed by atoms with van der Waals surface area (Å²) in [6.45, 7) is 16.5. The minimum Gasteiger partial charge on any atom is -0.399 e. The van der Waals surface area contributed by atoms with Gasteiger partial charge in [-0.05, 0) is 101 Å². The maximum atomic E-state index is 6.58. The topological polar surface area (TPSA) is 75.6 Å². The zero-order valence-electron chi connectivity index (χ0n) is 32.3. The monoisotopic (exact) mass is 713 g/mol. The highest BCUT2D eigenvalue weighted by molar-refractivity contribution is 6.66. The lowest BCUT2D eigenvalue weighted by molar-refractivity contribution is 0.00578. The van der Waals surface area contributed by atoms with E-state index in [1.165, 1.54) is 0 Å². The van der Waals surface area contributed by atoms with Crippen molar-refractivity contribution >= 4 is 25.2 Å². The van der Waals surface area contributed by atoms with Crippen LogP contribution < -0.4 is 10.9 Å². The van der Waals surface area contributed by atoms with Crippen molar-refractivity contribution in [2.24, 2.45) is 0 Å². The second-order valence-electron chi connectivity index (χ2n) is 16.3. The maximum Gasteiger partial charge on any atom is 0.494 e. The van der Waals surface area contributed by atoms with Crippen molar-refractivity contribution in [1.82, 2.24) is 15.0 Å². The van der Waals surface area contributed by atoms with Gasteiger partial charge in [0.25, 0.3) is 0 Å². The molecule has 0 atom stereocenters. The average molecular weight is 713 g/mol. The highest BCUT2D eigenvalue weighted by Gasteiger charge is 2.54. The molecule has 2 saturated heterocycles. The summed E-state index contributed by atoms with van der Waals surface area (Å²) in [4.78, 5) is 15.5. The van der Waals surface area contributed by atoms with Gasteiger partial charge in [-0.25, -0.2) is 15.0 Å². The van der Waals surface area contributed by atoms with Gasteiger partial charge in [0.15, 0.2) is 17.5 Å². The van der Waals surface area contributed by atoms with Gasteiger partial charge in [0.1, 0.15) is 0 Å². The van der Waals surface area contributed by atoms with E-state index < -0.39 is 36.6 Å². The summed E-state index contributed by atoms with van der Waals surface area (Å²) < 4.78 is 26.3. The van der Waals surface area contributed by atoms with Crippen molar-refractivity contribution in [2.45, 2.75) is 77.8 Å². The second kappa shape index (κ2) is 13.4. The second-order valence-corrected chi connectivity index (χ2v) is 16.3. The highest BCUT2D eigenvalue weighted by Crippen LogP contribution is 2.39. The molecule has 0 bridgehead atoms. The van der Waals surface area contributed by atoms with Gasteiger partial charge in [-0.2, -0.15) is 0 Å².